The van der Waals surface area contributed by atoms with Crippen LogP contribution >= 0.6 is 0 Å². The molecule has 3 rings (SSSR count). The summed E-state index contributed by atoms with van der Waals surface area (Å²) in [7, 11) is -1.48. The number of pyridine rings is 1. The van der Waals surface area contributed by atoms with Crippen LogP contribution in [0.2, 0.25) is 0 Å². The molecule has 2 saturated heterocycles. The van der Waals surface area contributed by atoms with Crippen molar-refractivity contribution in [1.29, 1.82) is 0 Å². The molecule has 0 saturated carbocycles. The molecule has 0 spiro atoms. The van der Waals surface area contributed by atoms with Gasteiger partial charge in [0.05, 0.1) is 6.10 Å². The van der Waals surface area contributed by atoms with E-state index in [-0.39, 0.29) is 16.9 Å². The van der Waals surface area contributed by atoms with Crippen molar-refractivity contribution in [3.8, 4) is 0 Å². The van der Waals surface area contributed by atoms with E-state index in [1.807, 2.05) is 18.9 Å². The van der Waals surface area contributed by atoms with Gasteiger partial charge in [0.1, 0.15) is 10.7 Å². The standard InChI is InChI=1S/C16H26N4O3S/c1-13-5-6-19(12-15(13)21)16-4-3-14(11-17-16)24(22,23)20-9-7-18(2)8-10-20/h3-4,11,13,15,21H,5-10,12H2,1-2H3. The molecule has 1 aromatic rings. The van der Waals surface area contributed by atoms with Gasteiger partial charge in [-0.15, -0.1) is 0 Å². The normalized spacial score (nSPS) is 27.4. The maximum atomic E-state index is 12.7. The van der Waals surface area contributed by atoms with E-state index in [9.17, 15) is 13.5 Å². The molecule has 1 N–H and O–H groups in total. The lowest BCUT2D eigenvalue weighted by molar-refractivity contribution is 0.102. The average molecular weight is 354 g/mol. The SMILES string of the molecule is CC1CCN(c2ccc(S(=O)(=O)N3CCN(C)CC3)cn2)CC1O. The van der Waals surface area contributed by atoms with Crippen molar-refractivity contribution in [2.45, 2.75) is 24.3 Å². The van der Waals surface area contributed by atoms with E-state index in [1.54, 1.807) is 12.1 Å². The first-order valence-electron chi connectivity index (χ1n) is 8.45. The summed E-state index contributed by atoms with van der Waals surface area (Å²) in [6.07, 6.45) is 1.98. The second-order valence-corrected chi connectivity index (χ2v) is 8.78. The second-order valence-electron chi connectivity index (χ2n) is 6.84. The number of aliphatic hydroxyl groups is 1. The molecule has 134 valence electrons. The van der Waals surface area contributed by atoms with Gasteiger partial charge in [-0.2, -0.15) is 4.31 Å². The Morgan fingerprint density at radius 3 is 2.46 bits per heavy atom. The van der Waals surface area contributed by atoms with Crippen molar-refractivity contribution in [1.82, 2.24) is 14.2 Å². The molecule has 2 unspecified atom stereocenters. The fraction of sp³-hybridized carbons (Fsp3) is 0.688. The summed E-state index contributed by atoms with van der Waals surface area (Å²) in [5.74, 6) is 1.01. The quantitative estimate of drug-likeness (QED) is 0.837. The van der Waals surface area contributed by atoms with Crippen LogP contribution in [0.5, 0.6) is 0 Å². The van der Waals surface area contributed by atoms with Crippen LogP contribution in [0.25, 0.3) is 0 Å². The van der Waals surface area contributed by atoms with Crippen molar-refractivity contribution in [3.63, 3.8) is 0 Å². The molecule has 0 aromatic carbocycles. The van der Waals surface area contributed by atoms with Crippen molar-refractivity contribution >= 4 is 15.8 Å². The van der Waals surface area contributed by atoms with Crippen LogP contribution < -0.4 is 4.90 Å². The maximum absolute atomic E-state index is 12.7. The van der Waals surface area contributed by atoms with E-state index < -0.39 is 10.0 Å². The molecule has 8 heteroatoms. The van der Waals surface area contributed by atoms with Crippen LogP contribution in [0, 0.1) is 5.92 Å². The minimum absolute atomic E-state index is 0.238. The molecular formula is C16H26N4O3S. The van der Waals surface area contributed by atoms with E-state index in [0.29, 0.717) is 19.6 Å². The van der Waals surface area contributed by atoms with Crippen LogP contribution in [-0.2, 0) is 10.0 Å². The first-order chi connectivity index (χ1) is 11.4. The zero-order valence-electron chi connectivity index (χ0n) is 14.3. The summed E-state index contributed by atoms with van der Waals surface area (Å²) in [6.45, 7) is 5.92. The minimum atomic E-state index is -3.48. The van der Waals surface area contributed by atoms with E-state index >= 15 is 0 Å². The Balaban J connectivity index is 1.72. The van der Waals surface area contributed by atoms with Gasteiger partial charge < -0.3 is 14.9 Å². The summed E-state index contributed by atoms with van der Waals surface area (Å²) >= 11 is 0. The highest BCUT2D eigenvalue weighted by Gasteiger charge is 2.29. The molecular weight excluding hydrogens is 328 g/mol. The highest BCUT2D eigenvalue weighted by atomic mass is 32.2. The zero-order chi connectivity index (χ0) is 17.3. The number of β-amino-alcohol motifs (C(OH)–C–C–N with tert-alkyl or cyclic N) is 1. The van der Waals surface area contributed by atoms with Crippen LogP contribution in [-0.4, -0.2) is 80.1 Å². The molecule has 2 atom stereocenters. The van der Waals surface area contributed by atoms with Gasteiger partial charge >= 0.3 is 0 Å². The van der Waals surface area contributed by atoms with E-state index in [1.165, 1.54) is 10.5 Å². The number of nitrogens with zero attached hydrogens (tertiary/aromatic N) is 4. The molecule has 0 bridgehead atoms. The smallest absolute Gasteiger partial charge is 0.244 e. The third-order valence-electron chi connectivity index (χ3n) is 5.06. The first-order valence-corrected chi connectivity index (χ1v) is 9.89. The molecule has 0 amide bonds. The second kappa shape index (κ2) is 6.95. The summed E-state index contributed by atoms with van der Waals surface area (Å²) in [5.41, 5.74) is 0. The Kier molecular flexibility index (Phi) is 5.10. The molecule has 0 aliphatic carbocycles. The van der Waals surface area contributed by atoms with Gasteiger partial charge in [-0.25, -0.2) is 13.4 Å². The number of aliphatic hydroxyl groups excluding tert-OH is 1. The van der Waals surface area contributed by atoms with Crippen molar-refractivity contribution < 1.29 is 13.5 Å². The summed E-state index contributed by atoms with van der Waals surface area (Å²) in [5, 5.41) is 10.0. The van der Waals surface area contributed by atoms with Crippen molar-refractivity contribution in [3.05, 3.63) is 18.3 Å². The summed E-state index contributed by atoms with van der Waals surface area (Å²) in [4.78, 5) is 8.71. The molecule has 1 aromatic heterocycles. The van der Waals surface area contributed by atoms with Gasteiger partial charge in [0.25, 0.3) is 0 Å². The van der Waals surface area contributed by atoms with Crippen LogP contribution in [0.3, 0.4) is 0 Å². The Morgan fingerprint density at radius 2 is 1.88 bits per heavy atom. The van der Waals surface area contributed by atoms with Gasteiger partial charge in [-0.05, 0) is 31.5 Å². The number of aromatic nitrogens is 1. The number of likely N-dealkylation sites (N-methyl/N-ethyl adjacent to an activating group) is 1. The Bertz CT molecular complexity index is 656. The number of rotatable bonds is 3. The van der Waals surface area contributed by atoms with Crippen LogP contribution in [0.15, 0.2) is 23.2 Å². The summed E-state index contributed by atoms with van der Waals surface area (Å²) < 4.78 is 26.9. The van der Waals surface area contributed by atoms with Gasteiger partial charge in [-0.1, -0.05) is 6.92 Å². The van der Waals surface area contributed by atoms with E-state index in [2.05, 4.69) is 9.88 Å². The Hall–Kier alpha value is -1.22. The average Bonchev–Trinajstić information content (AvgIpc) is 2.58. The largest absolute Gasteiger partial charge is 0.391 e. The lowest BCUT2D eigenvalue weighted by Gasteiger charge is -2.35. The molecule has 0 radical (unpaired) electrons. The number of piperazine rings is 1. The van der Waals surface area contributed by atoms with Gasteiger partial charge in [0, 0.05) is 45.5 Å². The minimum Gasteiger partial charge on any atom is -0.391 e. The fourth-order valence-electron chi connectivity index (χ4n) is 3.15. The molecule has 2 aliphatic rings. The number of anilines is 1. The number of hydrogen-bond acceptors (Lipinski definition) is 6. The Morgan fingerprint density at radius 1 is 1.17 bits per heavy atom. The van der Waals surface area contributed by atoms with Crippen LogP contribution in [0.1, 0.15) is 13.3 Å². The molecule has 7 nitrogen and oxygen atoms in total. The zero-order valence-corrected chi connectivity index (χ0v) is 15.1. The molecule has 2 aliphatic heterocycles. The highest BCUT2D eigenvalue weighted by Crippen LogP contribution is 2.23. The van der Waals surface area contributed by atoms with E-state index in [4.69, 9.17) is 0 Å². The highest BCUT2D eigenvalue weighted by molar-refractivity contribution is 7.89. The maximum Gasteiger partial charge on any atom is 0.244 e. The van der Waals surface area contributed by atoms with Crippen molar-refractivity contribution in [2.75, 3.05) is 51.2 Å². The number of piperidine rings is 1. The van der Waals surface area contributed by atoms with Gasteiger partial charge in [0.2, 0.25) is 10.0 Å². The number of hydrogen-bond donors (Lipinski definition) is 1. The third-order valence-corrected chi connectivity index (χ3v) is 6.95. The molecule has 3 heterocycles. The van der Waals surface area contributed by atoms with Crippen molar-refractivity contribution in [2.24, 2.45) is 5.92 Å². The third kappa shape index (κ3) is 3.56. The van der Waals surface area contributed by atoms with Gasteiger partial charge in [0.15, 0.2) is 0 Å². The predicted octanol–water partition coefficient (Wildman–Crippen LogP) is 0.225. The monoisotopic (exact) mass is 354 g/mol. The fourth-order valence-corrected chi connectivity index (χ4v) is 4.51. The van der Waals surface area contributed by atoms with E-state index in [0.717, 1.165) is 31.9 Å². The first kappa shape index (κ1) is 17.6. The topological polar surface area (TPSA) is 77.0 Å². The van der Waals surface area contributed by atoms with Crippen LogP contribution in [0.4, 0.5) is 5.82 Å². The lowest BCUT2D eigenvalue weighted by Crippen LogP contribution is -2.47. The molecule has 2 fully saturated rings. The lowest BCUT2D eigenvalue weighted by atomic mass is 9.96. The Labute approximate surface area is 143 Å². The molecule has 24 heavy (non-hydrogen) atoms. The predicted molar refractivity (Wildman–Crippen MR) is 92.5 cm³/mol. The summed E-state index contributed by atoms with van der Waals surface area (Å²) in [6, 6.07) is 3.37. The number of sulfonamides is 1. The van der Waals surface area contributed by atoms with Gasteiger partial charge in [-0.3, -0.25) is 0 Å².